The molecule has 0 heterocycles. The fraction of sp³-hybridized carbons (Fsp3) is 0.600. The van der Waals surface area contributed by atoms with Crippen LogP contribution in [0.1, 0.15) is 51.0 Å². The molecule has 1 atom stereocenters. The Bertz CT molecular complexity index is 348. The molecule has 1 saturated carbocycles. The standard InChI is InChI=1S/C15H21FO/c1-15(17,12-6-4-2-3-5-7-12)13-8-10-14(16)11-9-13/h8-12,17H,2-7H2,1H3. The average molecular weight is 236 g/mol. The van der Waals surface area contributed by atoms with Crippen LogP contribution in [0.5, 0.6) is 0 Å². The Hall–Kier alpha value is -0.890. The molecule has 1 aromatic rings. The van der Waals surface area contributed by atoms with Crippen molar-refractivity contribution in [1.82, 2.24) is 0 Å². The average Bonchev–Trinajstić information content (AvgIpc) is 2.58. The second-order valence-corrected chi connectivity index (χ2v) is 5.34. The third kappa shape index (κ3) is 2.86. The Kier molecular flexibility index (Phi) is 3.82. The summed E-state index contributed by atoms with van der Waals surface area (Å²) in [4.78, 5) is 0. The predicted molar refractivity (Wildman–Crippen MR) is 67.2 cm³/mol. The monoisotopic (exact) mass is 236 g/mol. The molecule has 0 saturated heterocycles. The van der Waals surface area contributed by atoms with E-state index in [1.807, 2.05) is 6.92 Å². The van der Waals surface area contributed by atoms with Crippen LogP contribution in [-0.2, 0) is 5.60 Å². The molecule has 1 aromatic carbocycles. The van der Waals surface area contributed by atoms with Crippen molar-refractivity contribution < 1.29 is 9.50 Å². The first-order valence-electron chi connectivity index (χ1n) is 6.59. The topological polar surface area (TPSA) is 20.2 Å². The third-order valence-electron chi connectivity index (χ3n) is 4.08. The summed E-state index contributed by atoms with van der Waals surface area (Å²) in [5.41, 5.74) is 0.0173. The van der Waals surface area contributed by atoms with Crippen LogP contribution >= 0.6 is 0 Å². The number of hydrogen-bond donors (Lipinski definition) is 1. The van der Waals surface area contributed by atoms with Gasteiger partial charge in [-0.1, -0.05) is 37.8 Å². The quantitative estimate of drug-likeness (QED) is 0.769. The Morgan fingerprint density at radius 2 is 1.59 bits per heavy atom. The van der Waals surface area contributed by atoms with Gasteiger partial charge in [0.1, 0.15) is 5.82 Å². The molecule has 0 bridgehead atoms. The second kappa shape index (κ2) is 5.18. The van der Waals surface area contributed by atoms with Crippen LogP contribution in [0.2, 0.25) is 0 Å². The van der Waals surface area contributed by atoms with E-state index >= 15 is 0 Å². The van der Waals surface area contributed by atoms with Crippen molar-refractivity contribution in [1.29, 1.82) is 0 Å². The van der Waals surface area contributed by atoms with Gasteiger partial charge in [-0.2, -0.15) is 0 Å². The maximum atomic E-state index is 12.9. The first-order chi connectivity index (χ1) is 8.10. The Morgan fingerprint density at radius 1 is 1.06 bits per heavy atom. The minimum Gasteiger partial charge on any atom is -0.385 e. The van der Waals surface area contributed by atoms with Crippen molar-refractivity contribution in [3.8, 4) is 0 Å². The van der Waals surface area contributed by atoms with Crippen LogP contribution < -0.4 is 0 Å². The maximum Gasteiger partial charge on any atom is 0.123 e. The van der Waals surface area contributed by atoms with Crippen LogP contribution in [0, 0.1) is 11.7 Å². The molecule has 1 N–H and O–H groups in total. The SMILES string of the molecule is CC(O)(c1ccc(F)cc1)C1CCCCCC1. The van der Waals surface area contributed by atoms with Gasteiger partial charge in [0.15, 0.2) is 0 Å². The molecule has 0 radical (unpaired) electrons. The largest absolute Gasteiger partial charge is 0.385 e. The van der Waals surface area contributed by atoms with Gasteiger partial charge in [-0.25, -0.2) is 4.39 Å². The summed E-state index contributed by atoms with van der Waals surface area (Å²) >= 11 is 0. The molecule has 17 heavy (non-hydrogen) atoms. The smallest absolute Gasteiger partial charge is 0.123 e. The number of aliphatic hydroxyl groups is 1. The van der Waals surface area contributed by atoms with Crippen molar-refractivity contribution in [2.24, 2.45) is 5.92 Å². The number of hydrogen-bond acceptors (Lipinski definition) is 1. The Balaban J connectivity index is 2.18. The van der Waals surface area contributed by atoms with E-state index in [2.05, 4.69) is 0 Å². The number of benzene rings is 1. The molecule has 0 amide bonds. The van der Waals surface area contributed by atoms with Gasteiger partial charge in [-0.3, -0.25) is 0 Å². The van der Waals surface area contributed by atoms with Crippen molar-refractivity contribution in [2.45, 2.75) is 51.0 Å². The highest BCUT2D eigenvalue weighted by molar-refractivity contribution is 5.23. The van der Waals surface area contributed by atoms with Crippen LogP contribution in [0.4, 0.5) is 4.39 Å². The van der Waals surface area contributed by atoms with Crippen LogP contribution in [0.15, 0.2) is 24.3 Å². The van der Waals surface area contributed by atoms with Crippen molar-refractivity contribution in [3.05, 3.63) is 35.6 Å². The molecule has 0 aromatic heterocycles. The zero-order valence-corrected chi connectivity index (χ0v) is 10.5. The lowest BCUT2D eigenvalue weighted by Gasteiger charge is -2.33. The Morgan fingerprint density at radius 3 is 2.12 bits per heavy atom. The predicted octanol–water partition coefficient (Wildman–Crippen LogP) is 4.00. The molecule has 94 valence electrons. The van der Waals surface area contributed by atoms with E-state index in [-0.39, 0.29) is 5.82 Å². The highest BCUT2D eigenvalue weighted by Crippen LogP contribution is 2.38. The van der Waals surface area contributed by atoms with E-state index in [1.165, 1.54) is 37.8 Å². The van der Waals surface area contributed by atoms with Gasteiger partial charge in [0, 0.05) is 0 Å². The zero-order valence-electron chi connectivity index (χ0n) is 10.5. The lowest BCUT2D eigenvalue weighted by Crippen LogP contribution is -2.31. The molecule has 1 aliphatic rings. The van der Waals surface area contributed by atoms with Gasteiger partial charge < -0.3 is 5.11 Å². The first kappa shape index (κ1) is 12.6. The minimum absolute atomic E-state index is 0.245. The van der Waals surface area contributed by atoms with E-state index in [0.29, 0.717) is 5.92 Å². The van der Waals surface area contributed by atoms with Crippen LogP contribution in [0.25, 0.3) is 0 Å². The summed E-state index contributed by atoms with van der Waals surface area (Å²) in [6, 6.07) is 6.28. The molecule has 1 fully saturated rings. The number of halogens is 1. The highest BCUT2D eigenvalue weighted by Gasteiger charge is 2.33. The van der Waals surface area contributed by atoms with Gasteiger partial charge >= 0.3 is 0 Å². The van der Waals surface area contributed by atoms with E-state index in [0.717, 1.165) is 18.4 Å². The maximum absolute atomic E-state index is 12.9. The third-order valence-corrected chi connectivity index (χ3v) is 4.08. The molecule has 1 aliphatic carbocycles. The van der Waals surface area contributed by atoms with Crippen LogP contribution in [-0.4, -0.2) is 5.11 Å². The van der Waals surface area contributed by atoms with Gasteiger partial charge in [0.25, 0.3) is 0 Å². The van der Waals surface area contributed by atoms with Gasteiger partial charge in [-0.05, 0) is 43.4 Å². The molecule has 1 unspecified atom stereocenters. The molecule has 2 rings (SSSR count). The summed E-state index contributed by atoms with van der Waals surface area (Å²) in [6.45, 7) is 1.87. The number of rotatable bonds is 2. The summed E-state index contributed by atoms with van der Waals surface area (Å²) in [6.07, 6.45) is 7.09. The fourth-order valence-electron chi connectivity index (χ4n) is 2.86. The lowest BCUT2D eigenvalue weighted by atomic mass is 9.78. The van der Waals surface area contributed by atoms with E-state index in [1.54, 1.807) is 12.1 Å². The summed E-state index contributed by atoms with van der Waals surface area (Å²) in [5, 5.41) is 10.7. The first-order valence-corrected chi connectivity index (χ1v) is 6.59. The van der Waals surface area contributed by atoms with Crippen molar-refractivity contribution in [3.63, 3.8) is 0 Å². The molecular formula is C15H21FO. The zero-order chi connectivity index (χ0) is 12.3. The van der Waals surface area contributed by atoms with Crippen molar-refractivity contribution in [2.75, 3.05) is 0 Å². The van der Waals surface area contributed by atoms with Gasteiger partial charge in [-0.15, -0.1) is 0 Å². The minimum atomic E-state index is -0.821. The molecule has 2 heteroatoms. The molecular weight excluding hydrogens is 215 g/mol. The summed E-state index contributed by atoms with van der Waals surface area (Å²) < 4.78 is 12.9. The van der Waals surface area contributed by atoms with Gasteiger partial charge in [0.05, 0.1) is 5.60 Å². The fourth-order valence-corrected chi connectivity index (χ4v) is 2.86. The van der Waals surface area contributed by atoms with E-state index in [4.69, 9.17) is 0 Å². The highest BCUT2D eigenvalue weighted by atomic mass is 19.1. The van der Waals surface area contributed by atoms with Gasteiger partial charge in [0.2, 0.25) is 0 Å². The Labute approximate surface area is 103 Å². The normalized spacial score (nSPS) is 21.8. The van der Waals surface area contributed by atoms with E-state index < -0.39 is 5.60 Å². The summed E-state index contributed by atoms with van der Waals surface area (Å²) in [7, 11) is 0. The molecule has 1 nitrogen and oxygen atoms in total. The van der Waals surface area contributed by atoms with Crippen molar-refractivity contribution >= 4 is 0 Å². The van der Waals surface area contributed by atoms with E-state index in [9.17, 15) is 9.50 Å². The van der Waals surface area contributed by atoms with Crippen LogP contribution in [0.3, 0.4) is 0 Å². The summed E-state index contributed by atoms with van der Waals surface area (Å²) in [5.74, 6) is 0.0564. The lowest BCUT2D eigenvalue weighted by molar-refractivity contribution is -0.0126. The second-order valence-electron chi connectivity index (χ2n) is 5.34. The molecule has 0 spiro atoms. The molecule has 0 aliphatic heterocycles.